The van der Waals surface area contributed by atoms with Crippen LogP contribution in [-0.4, -0.2) is 383 Å². The number of nitrogens with two attached hydrogens (primary N) is 1. The Labute approximate surface area is 501 Å². The van der Waals surface area contributed by atoms with Gasteiger partial charge in [0.15, 0.2) is 25.2 Å². The van der Waals surface area contributed by atoms with Gasteiger partial charge in [-0.05, 0) is 0 Å². The van der Waals surface area contributed by atoms with Crippen LogP contribution in [0.1, 0.15) is 19.8 Å². The molecular weight excluding hydrogens is 1250 g/mol. The number of carbonyl (C=O) groups excluding carboxylic acids is 1. The van der Waals surface area contributed by atoms with Crippen molar-refractivity contribution in [3.8, 4) is 0 Å². The van der Waals surface area contributed by atoms with Crippen LogP contribution >= 0.6 is 7.82 Å². The Morgan fingerprint density at radius 3 is 1.64 bits per heavy atom. The van der Waals surface area contributed by atoms with Crippen LogP contribution in [0.4, 0.5) is 0 Å². The molecule has 43 heteroatoms. The molecule has 33 atom stereocenters. The first kappa shape index (κ1) is 75.3. The number of hydrogen-bond acceptors (Lipinski definition) is 38. The van der Waals surface area contributed by atoms with Gasteiger partial charge in [-0.15, -0.1) is 0 Å². The number of aliphatic hydroxyl groups is 20. The van der Waals surface area contributed by atoms with Crippen LogP contribution in [0, 0.1) is 0 Å². The molecule has 6 saturated heterocycles. The van der Waals surface area contributed by atoms with Crippen molar-refractivity contribution in [3.05, 3.63) is 0 Å². The van der Waals surface area contributed by atoms with Gasteiger partial charge in [-0.1, -0.05) is 0 Å². The molecule has 0 aliphatic carbocycles. The molecule has 1 unspecified atom stereocenters. The SMILES string of the molecule is CC(=O)N[C@H]1[C@@H](O[C@@H]2[C@@H](O[C@@H]3[C@H](O)[C@@H](O[C@H]4[C@@H]([C@H](O)CO)O[C@@](O)(C(=O)O)C[C@H]4O[C@]4(C(=O)O)C[C@@H](O)[C@@H](O)[C@@H]([C@H](O)CO)O4)O[C@H]([C@@H](O)CO)[C@H]3O)O[C@H]([C@H](CO)OP(=O)(O)OCCN)[C@@H](O)[C@@H]2O[C@@H]2O[C@H](CO)[C@@H](O)[C@H](O)[C@H]2O)O[C@H](CO)[C@@H](O)[C@@H]1O. The second-order valence-corrected chi connectivity index (χ2v) is 23.0. The highest BCUT2D eigenvalue weighted by Gasteiger charge is 2.64. The van der Waals surface area contributed by atoms with E-state index in [1.807, 2.05) is 0 Å². The molecule has 6 aliphatic rings. The fraction of sp³-hybridized carbons (Fsp3) is 0.935. The summed E-state index contributed by atoms with van der Waals surface area (Å²) in [5, 5.41) is 242. The first-order valence-electron chi connectivity index (χ1n) is 27.3. The fourth-order valence-corrected chi connectivity index (χ4v) is 11.6. The molecule has 0 aromatic heterocycles. The average molecular weight is 1330 g/mol. The monoisotopic (exact) mass is 1330 g/mol. The summed E-state index contributed by atoms with van der Waals surface area (Å²) in [7, 11) is -5.43. The van der Waals surface area contributed by atoms with Crippen molar-refractivity contribution in [2.45, 2.75) is 215 Å². The van der Waals surface area contributed by atoms with Gasteiger partial charge in [0.05, 0.1) is 58.5 Å². The maximum Gasteiger partial charge on any atom is 0.472 e. The average Bonchev–Trinajstić information content (AvgIpc) is 1.000. The lowest BCUT2D eigenvalue weighted by molar-refractivity contribution is -0.414. The third kappa shape index (κ3) is 16.7. The molecule has 0 spiro atoms. The van der Waals surface area contributed by atoms with Crippen molar-refractivity contribution in [1.82, 2.24) is 5.32 Å². The molecule has 6 rings (SSSR count). The predicted molar refractivity (Wildman–Crippen MR) is 269 cm³/mol. The fourth-order valence-electron chi connectivity index (χ4n) is 10.7. The molecule has 0 aromatic carbocycles. The first-order chi connectivity index (χ1) is 41.7. The van der Waals surface area contributed by atoms with Crippen LogP contribution in [-0.2, 0) is 80.1 Å². The Bertz CT molecular complexity index is 2330. The summed E-state index contributed by atoms with van der Waals surface area (Å²) in [6.45, 7) is -8.06. The third-order valence-corrected chi connectivity index (χ3v) is 16.4. The van der Waals surface area contributed by atoms with Gasteiger partial charge >= 0.3 is 19.8 Å². The lowest BCUT2D eigenvalue weighted by Gasteiger charge is -2.53. The van der Waals surface area contributed by atoms with Gasteiger partial charge in [0.2, 0.25) is 5.91 Å². The van der Waals surface area contributed by atoms with E-state index in [1.54, 1.807) is 0 Å². The van der Waals surface area contributed by atoms with Crippen LogP contribution < -0.4 is 11.1 Å². The zero-order valence-electron chi connectivity index (χ0n) is 46.6. The Hall–Kier alpha value is -2.76. The highest BCUT2D eigenvalue weighted by molar-refractivity contribution is 7.47. The number of carbonyl (C=O) groups is 3. The molecule has 89 heavy (non-hydrogen) atoms. The summed E-state index contributed by atoms with van der Waals surface area (Å²) < 4.78 is 87.0. The summed E-state index contributed by atoms with van der Waals surface area (Å²) >= 11 is 0. The van der Waals surface area contributed by atoms with Crippen LogP contribution in [0.3, 0.4) is 0 Å². The quantitative estimate of drug-likeness (QED) is 0.0324. The molecule has 42 nitrogen and oxygen atoms in total. The Morgan fingerprint density at radius 1 is 0.573 bits per heavy atom. The second kappa shape index (κ2) is 31.7. The number of aliphatic carboxylic acids is 2. The molecule has 6 heterocycles. The number of carboxylic acid groups (broad SMARTS) is 2. The zero-order valence-corrected chi connectivity index (χ0v) is 47.5. The highest BCUT2D eigenvalue weighted by Crippen LogP contribution is 2.47. The minimum atomic E-state index is -5.43. The maximum absolute atomic E-state index is 13.2. The lowest BCUT2D eigenvalue weighted by atomic mass is 9.89. The first-order valence-corrected chi connectivity index (χ1v) is 28.8. The van der Waals surface area contributed by atoms with E-state index in [0.717, 1.165) is 6.92 Å². The zero-order chi connectivity index (χ0) is 66.5. The number of phosphoric ester groups is 1. The Kier molecular flexibility index (Phi) is 26.8. The molecular formula is C46H79N2O40P. The molecule has 0 aromatic rings. The van der Waals surface area contributed by atoms with E-state index in [2.05, 4.69) is 5.32 Å². The molecule has 0 saturated carbocycles. The van der Waals surface area contributed by atoms with Crippen molar-refractivity contribution in [1.29, 1.82) is 0 Å². The molecule has 0 bridgehead atoms. The molecule has 6 aliphatic heterocycles. The molecule has 0 radical (unpaired) electrons. The van der Waals surface area contributed by atoms with Crippen LogP contribution in [0.2, 0.25) is 0 Å². The van der Waals surface area contributed by atoms with E-state index in [-0.39, 0.29) is 0 Å². The van der Waals surface area contributed by atoms with E-state index in [9.17, 15) is 136 Å². The predicted octanol–water partition coefficient (Wildman–Crippen LogP) is -15.4. The third-order valence-electron chi connectivity index (χ3n) is 15.3. The number of aliphatic hydroxyl groups excluding tert-OH is 19. The minimum Gasteiger partial charge on any atom is -0.477 e. The number of phosphoric acid groups is 1. The Balaban J connectivity index is 1.53. The van der Waals surface area contributed by atoms with E-state index < -0.39 is 287 Å². The highest BCUT2D eigenvalue weighted by atomic mass is 31.2. The normalized spacial score (nSPS) is 45.2. The van der Waals surface area contributed by atoms with E-state index in [0.29, 0.717) is 0 Å². The van der Waals surface area contributed by atoms with Gasteiger partial charge in [-0.2, -0.15) is 0 Å². The Morgan fingerprint density at radius 2 is 1.09 bits per heavy atom. The van der Waals surface area contributed by atoms with Crippen molar-refractivity contribution in [3.63, 3.8) is 0 Å². The van der Waals surface area contributed by atoms with Crippen LogP contribution in [0.5, 0.6) is 0 Å². The number of carboxylic acids is 2. The summed E-state index contributed by atoms with van der Waals surface area (Å²) in [5.74, 6) is -12.5. The van der Waals surface area contributed by atoms with Crippen LogP contribution in [0.15, 0.2) is 0 Å². The summed E-state index contributed by atoms with van der Waals surface area (Å²) in [5.41, 5.74) is 5.40. The molecule has 6 fully saturated rings. The van der Waals surface area contributed by atoms with Gasteiger partial charge in [0, 0.05) is 26.3 Å². The number of rotatable bonds is 28. The summed E-state index contributed by atoms with van der Waals surface area (Å²) in [4.78, 5) is 49.1. The van der Waals surface area contributed by atoms with Crippen molar-refractivity contribution in [2.75, 3.05) is 52.8 Å². The standard InChI is InChI=1S/C46H79N2O40P/c1-12(55)48-21-25(63)23(61)18(9-52)77-39(21)84-38-37(83-40-27(65)26(64)24(62)19(10-53)78-40)29(67)34(20(11-54)88-89(74,75)76-3-2-47)80-42(38)82-36-28(66)31(14(57)6-49)79-41(30(36)68)81-35-17(5-45(73,43(69)70)86-33(35)16(59)8-51)85-46(44(71)72)4-13(56)22(60)32(87-46)15(58)7-50/h13-42,49-54,56-68,73H,2-11,47H2,1H3,(H,48,55)(H,69,70)(H,71,72)(H,74,75)/t13-,14+,15-,16-,17-,18-,19-,20+,21-,22-,23-,24-,25-,26+,27-,28-,29-,30+,31-,32-,33-,34-,35-,36+,37+,38+,39-,40+,41-,42-,45-,46-/m1/s1. The maximum atomic E-state index is 13.2. The topological polar surface area (TPSA) is 692 Å². The summed E-state index contributed by atoms with van der Waals surface area (Å²) in [6, 6.07) is -1.98. The number of nitrogens with one attached hydrogen (secondary N) is 1. The van der Waals surface area contributed by atoms with Crippen molar-refractivity contribution in [2.24, 2.45) is 5.73 Å². The van der Waals surface area contributed by atoms with Crippen molar-refractivity contribution < 1.29 is 197 Å². The van der Waals surface area contributed by atoms with Gasteiger partial charge in [-0.25, -0.2) is 14.2 Å². The van der Waals surface area contributed by atoms with Crippen molar-refractivity contribution >= 4 is 25.7 Å². The minimum absolute atomic E-state index is 0.416. The largest absolute Gasteiger partial charge is 0.477 e. The van der Waals surface area contributed by atoms with Gasteiger partial charge in [0.25, 0.3) is 11.6 Å². The van der Waals surface area contributed by atoms with Gasteiger partial charge < -0.3 is 180 Å². The molecule has 26 N–H and O–H groups in total. The number of ether oxygens (including phenoxy) is 11. The smallest absolute Gasteiger partial charge is 0.472 e. The number of hydrogen-bond donors (Lipinski definition) is 25. The lowest BCUT2D eigenvalue weighted by Crippen LogP contribution is -2.71. The van der Waals surface area contributed by atoms with E-state index in [4.69, 9.17) is 66.9 Å². The van der Waals surface area contributed by atoms with Gasteiger partial charge in [0.1, 0.15) is 146 Å². The summed E-state index contributed by atoms with van der Waals surface area (Å²) in [6.07, 6.45) is -72.0. The van der Waals surface area contributed by atoms with E-state index in [1.165, 1.54) is 0 Å². The van der Waals surface area contributed by atoms with Gasteiger partial charge in [-0.3, -0.25) is 13.8 Å². The number of amides is 1. The van der Waals surface area contributed by atoms with Crippen LogP contribution in [0.25, 0.3) is 0 Å². The van der Waals surface area contributed by atoms with E-state index >= 15 is 0 Å². The molecule has 1 amide bonds. The molecule has 518 valence electrons. The second-order valence-electron chi connectivity index (χ2n) is 21.5.